The van der Waals surface area contributed by atoms with Crippen LogP contribution in [0.25, 0.3) is 0 Å². The number of nitrogen functional groups attached to an aromatic ring is 1. The fraction of sp³-hybridized carbons (Fsp3) is 0.267. The molecule has 1 aromatic carbocycles. The number of rotatable bonds is 2. The monoisotopic (exact) mass is 355 g/mol. The van der Waals surface area contributed by atoms with Crippen LogP contribution in [-0.2, 0) is 0 Å². The van der Waals surface area contributed by atoms with Crippen molar-refractivity contribution in [2.75, 3.05) is 10.7 Å². The van der Waals surface area contributed by atoms with Crippen LogP contribution in [0.1, 0.15) is 17.7 Å². The molecule has 0 amide bonds. The molecular formula is C15H13F4N5O. The van der Waals surface area contributed by atoms with E-state index >= 15 is 0 Å². The molecule has 1 aliphatic rings. The summed E-state index contributed by atoms with van der Waals surface area (Å²) in [6.07, 6.45) is -5.86. The Morgan fingerprint density at radius 2 is 1.84 bits per heavy atom. The fourth-order valence-electron chi connectivity index (χ4n) is 2.49. The summed E-state index contributed by atoms with van der Waals surface area (Å²) in [7, 11) is 0. The van der Waals surface area contributed by atoms with Crippen LogP contribution >= 0.6 is 0 Å². The first-order valence-corrected chi connectivity index (χ1v) is 7.14. The van der Waals surface area contributed by atoms with E-state index in [0.29, 0.717) is 10.7 Å². The number of nitrogens with two attached hydrogens (primary N) is 1. The standard InChI is InChI=1S/C15H13F4N5O/c1-8-6-12(22-13(20)21-8)24-14(25,15(17,18)19)7-11(23-24)9-2-4-10(16)5-3-9/h2-6,25H,7H2,1H3,(H2,20,21,22). The summed E-state index contributed by atoms with van der Waals surface area (Å²) >= 11 is 0. The van der Waals surface area contributed by atoms with E-state index in [0.717, 1.165) is 12.1 Å². The van der Waals surface area contributed by atoms with E-state index < -0.39 is 24.1 Å². The summed E-state index contributed by atoms with van der Waals surface area (Å²) in [4.78, 5) is 7.52. The highest BCUT2D eigenvalue weighted by Gasteiger charge is 2.62. The van der Waals surface area contributed by atoms with Crippen LogP contribution in [0.4, 0.5) is 29.3 Å². The molecule has 1 aliphatic heterocycles. The zero-order valence-electron chi connectivity index (χ0n) is 12.9. The third-order valence-electron chi connectivity index (χ3n) is 3.69. The van der Waals surface area contributed by atoms with E-state index in [1.165, 1.54) is 25.1 Å². The first-order valence-electron chi connectivity index (χ1n) is 7.14. The number of aromatic nitrogens is 2. The summed E-state index contributed by atoms with van der Waals surface area (Å²) in [5, 5.41) is 14.6. The van der Waals surface area contributed by atoms with Crippen LogP contribution in [0.3, 0.4) is 0 Å². The first-order chi connectivity index (χ1) is 11.6. The molecule has 1 aromatic heterocycles. The van der Waals surface area contributed by atoms with Crippen LogP contribution in [0.15, 0.2) is 35.4 Å². The lowest BCUT2D eigenvalue weighted by Crippen LogP contribution is -2.55. The molecule has 2 heterocycles. The first kappa shape index (κ1) is 17.1. The predicted octanol–water partition coefficient (Wildman–Crippen LogP) is 2.37. The Labute approximate surface area is 139 Å². The summed E-state index contributed by atoms with van der Waals surface area (Å²) in [6.45, 7) is 1.52. The molecule has 3 N–H and O–H groups in total. The Bertz CT molecular complexity index is 817. The number of aryl methyl sites for hydroxylation is 1. The Kier molecular flexibility index (Phi) is 3.87. The largest absolute Gasteiger partial charge is 0.438 e. The lowest BCUT2D eigenvalue weighted by molar-refractivity contribution is -0.254. The van der Waals surface area contributed by atoms with E-state index in [2.05, 4.69) is 15.1 Å². The maximum absolute atomic E-state index is 13.5. The Balaban J connectivity index is 2.11. The highest BCUT2D eigenvalue weighted by atomic mass is 19.4. The topological polar surface area (TPSA) is 87.6 Å². The van der Waals surface area contributed by atoms with E-state index in [4.69, 9.17) is 5.73 Å². The smallest absolute Gasteiger partial charge is 0.368 e. The van der Waals surface area contributed by atoms with Crippen LogP contribution < -0.4 is 10.7 Å². The van der Waals surface area contributed by atoms with Crippen molar-refractivity contribution in [3.8, 4) is 0 Å². The van der Waals surface area contributed by atoms with Crippen LogP contribution in [0.5, 0.6) is 0 Å². The molecule has 10 heteroatoms. The van der Waals surface area contributed by atoms with Gasteiger partial charge in [0.25, 0.3) is 5.72 Å². The van der Waals surface area contributed by atoms with Crippen LogP contribution in [-0.4, -0.2) is 32.7 Å². The molecule has 0 bridgehead atoms. The lowest BCUT2D eigenvalue weighted by atomic mass is 10.0. The zero-order valence-corrected chi connectivity index (χ0v) is 12.9. The minimum atomic E-state index is -5.02. The molecule has 0 saturated carbocycles. The fourth-order valence-corrected chi connectivity index (χ4v) is 2.49. The quantitative estimate of drug-likeness (QED) is 0.808. The van der Waals surface area contributed by atoms with Crippen molar-refractivity contribution in [1.29, 1.82) is 0 Å². The van der Waals surface area contributed by atoms with Crippen molar-refractivity contribution in [2.45, 2.75) is 25.2 Å². The van der Waals surface area contributed by atoms with Crippen molar-refractivity contribution in [2.24, 2.45) is 5.10 Å². The average molecular weight is 355 g/mol. The van der Waals surface area contributed by atoms with Gasteiger partial charge in [-0.3, -0.25) is 0 Å². The Morgan fingerprint density at radius 1 is 1.20 bits per heavy atom. The summed E-state index contributed by atoms with van der Waals surface area (Å²) in [6, 6.07) is 5.99. The van der Waals surface area contributed by atoms with Crippen molar-refractivity contribution >= 4 is 17.5 Å². The minimum absolute atomic E-state index is 0.0605. The summed E-state index contributed by atoms with van der Waals surface area (Å²) in [5.41, 5.74) is 2.70. The van der Waals surface area contributed by atoms with Gasteiger partial charge in [-0.2, -0.15) is 23.3 Å². The number of hydrogen-bond acceptors (Lipinski definition) is 6. The predicted molar refractivity (Wildman–Crippen MR) is 82.2 cm³/mol. The minimum Gasteiger partial charge on any atom is -0.368 e. The molecule has 1 unspecified atom stereocenters. The molecule has 0 radical (unpaired) electrons. The van der Waals surface area contributed by atoms with Gasteiger partial charge in [-0.1, -0.05) is 12.1 Å². The van der Waals surface area contributed by atoms with Gasteiger partial charge < -0.3 is 10.8 Å². The van der Waals surface area contributed by atoms with Crippen LogP contribution in [0, 0.1) is 12.7 Å². The molecule has 2 aromatic rings. The molecule has 132 valence electrons. The normalized spacial score (nSPS) is 20.7. The number of alkyl halides is 3. The van der Waals surface area contributed by atoms with Gasteiger partial charge in [0.2, 0.25) is 5.95 Å². The third kappa shape index (κ3) is 3.00. The van der Waals surface area contributed by atoms with E-state index in [9.17, 15) is 22.7 Å². The summed E-state index contributed by atoms with van der Waals surface area (Å²) < 4.78 is 53.6. The van der Waals surface area contributed by atoms with Crippen molar-refractivity contribution in [3.05, 3.63) is 47.4 Å². The van der Waals surface area contributed by atoms with Crippen molar-refractivity contribution in [3.63, 3.8) is 0 Å². The number of hydrazone groups is 1. The number of aliphatic hydroxyl groups is 1. The number of anilines is 2. The molecule has 6 nitrogen and oxygen atoms in total. The SMILES string of the molecule is Cc1cc(N2N=C(c3ccc(F)cc3)CC2(O)C(F)(F)F)nc(N)n1. The number of halogens is 4. The number of benzene rings is 1. The molecule has 1 atom stereocenters. The van der Waals surface area contributed by atoms with E-state index in [1.54, 1.807) is 0 Å². The average Bonchev–Trinajstić information content (AvgIpc) is 2.86. The van der Waals surface area contributed by atoms with E-state index in [-0.39, 0.29) is 23.0 Å². The second-order valence-electron chi connectivity index (χ2n) is 5.58. The molecule has 0 fully saturated rings. The van der Waals surface area contributed by atoms with Crippen molar-refractivity contribution in [1.82, 2.24) is 9.97 Å². The van der Waals surface area contributed by atoms with Gasteiger partial charge in [-0.25, -0.2) is 14.4 Å². The van der Waals surface area contributed by atoms with Gasteiger partial charge in [0.1, 0.15) is 5.82 Å². The van der Waals surface area contributed by atoms with Gasteiger partial charge in [-0.15, -0.1) is 0 Å². The molecule has 0 aliphatic carbocycles. The highest BCUT2D eigenvalue weighted by Crippen LogP contribution is 2.43. The second-order valence-corrected chi connectivity index (χ2v) is 5.58. The van der Waals surface area contributed by atoms with Crippen molar-refractivity contribution < 1.29 is 22.7 Å². The van der Waals surface area contributed by atoms with Gasteiger partial charge in [0.15, 0.2) is 5.82 Å². The lowest BCUT2D eigenvalue weighted by Gasteiger charge is -2.33. The second kappa shape index (κ2) is 5.66. The zero-order chi connectivity index (χ0) is 18.4. The molecule has 0 saturated heterocycles. The summed E-state index contributed by atoms with van der Waals surface area (Å²) in [5.74, 6) is -1.07. The Hall–Kier alpha value is -2.75. The van der Waals surface area contributed by atoms with Gasteiger partial charge in [0.05, 0.1) is 12.1 Å². The van der Waals surface area contributed by atoms with Crippen LogP contribution in [0.2, 0.25) is 0 Å². The van der Waals surface area contributed by atoms with E-state index in [1.807, 2.05) is 0 Å². The van der Waals surface area contributed by atoms with Gasteiger partial charge in [-0.05, 0) is 24.6 Å². The maximum atomic E-state index is 13.5. The third-order valence-corrected chi connectivity index (χ3v) is 3.69. The molecule has 3 rings (SSSR count). The van der Waals surface area contributed by atoms with Gasteiger partial charge >= 0.3 is 6.18 Å². The maximum Gasteiger partial charge on any atom is 0.438 e. The molecule has 0 spiro atoms. The molecular weight excluding hydrogens is 342 g/mol. The number of hydrogen-bond donors (Lipinski definition) is 2. The van der Waals surface area contributed by atoms with Gasteiger partial charge in [0, 0.05) is 11.8 Å². The molecule has 25 heavy (non-hydrogen) atoms. The highest BCUT2D eigenvalue weighted by molar-refractivity contribution is 6.03. The Morgan fingerprint density at radius 3 is 2.40 bits per heavy atom. The number of nitrogens with zero attached hydrogens (tertiary/aromatic N) is 4.